The van der Waals surface area contributed by atoms with E-state index in [-0.39, 0.29) is 0 Å². The smallest absolute Gasteiger partial charge is 0.105 e. The topological polar surface area (TPSA) is 15.6 Å². The Bertz CT molecular complexity index is 184. The van der Waals surface area contributed by atoms with Gasteiger partial charge in [-0.25, -0.2) is 0 Å². The third kappa shape index (κ3) is 2.31. The molecule has 1 aliphatic rings. The minimum Gasteiger partial charge on any atom is -0.278 e. The van der Waals surface area contributed by atoms with Gasteiger partial charge in [0.05, 0.1) is 0 Å². The fourth-order valence-corrected chi connectivity index (χ4v) is 1.40. The second kappa shape index (κ2) is 4.88. The van der Waals surface area contributed by atoms with Gasteiger partial charge in [0, 0.05) is 25.7 Å². The summed E-state index contributed by atoms with van der Waals surface area (Å²) in [5.74, 6) is 0. The maximum Gasteiger partial charge on any atom is 0.105 e. The van der Waals surface area contributed by atoms with Crippen LogP contribution in [-0.2, 0) is 0 Å². The van der Waals surface area contributed by atoms with Gasteiger partial charge in [-0.05, 0) is 6.42 Å². The van der Waals surface area contributed by atoms with E-state index >= 15 is 0 Å². The molecule has 0 aliphatic carbocycles. The summed E-state index contributed by atoms with van der Waals surface area (Å²) in [5, 5.41) is 0. The highest BCUT2D eigenvalue weighted by Gasteiger charge is 2.16. The van der Waals surface area contributed by atoms with E-state index in [1.807, 2.05) is 18.4 Å². The van der Waals surface area contributed by atoms with Gasteiger partial charge in [-0.1, -0.05) is 12.2 Å². The maximum absolute atomic E-state index is 4.40. The molecular formula is C10H16N2. The molecule has 0 aromatic carbocycles. The van der Waals surface area contributed by atoms with Crippen LogP contribution in [0.4, 0.5) is 0 Å². The average molecular weight is 164 g/mol. The van der Waals surface area contributed by atoms with Gasteiger partial charge in [-0.3, -0.25) is 9.89 Å². The van der Waals surface area contributed by atoms with Crippen LogP contribution >= 0.6 is 0 Å². The summed E-state index contributed by atoms with van der Waals surface area (Å²) >= 11 is 0. The number of nitrogens with zero attached hydrogens (tertiary/aromatic N) is 2. The Hall–Kier alpha value is -0.890. The standard InChI is InChI=1S/C10H16N2/c1-3-6-10-11-7-5-9-12(10)8-4-2/h3-4,7,10H,1-2,5-6,8-9H2. The summed E-state index contributed by atoms with van der Waals surface area (Å²) in [7, 11) is 0. The number of hydrogen-bond donors (Lipinski definition) is 0. The summed E-state index contributed by atoms with van der Waals surface area (Å²) in [6.07, 6.45) is 8.15. The lowest BCUT2D eigenvalue weighted by molar-refractivity contribution is 0.222. The van der Waals surface area contributed by atoms with E-state index in [0.717, 1.165) is 25.9 Å². The molecular weight excluding hydrogens is 148 g/mol. The molecule has 0 bridgehead atoms. The van der Waals surface area contributed by atoms with Crippen molar-refractivity contribution in [2.75, 3.05) is 13.1 Å². The Morgan fingerprint density at radius 1 is 1.50 bits per heavy atom. The summed E-state index contributed by atoms with van der Waals surface area (Å²) < 4.78 is 0. The first-order chi connectivity index (χ1) is 5.88. The summed E-state index contributed by atoms with van der Waals surface area (Å²) in [6.45, 7) is 9.47. The second-order valence-electron chi connectivity index (χ2n) is 2.91. The highest BCUT2D eigenvalue weighted by atomic mass is 15.2. The van der Waals surface area contributed by atoms with Crippen LogP contribution in [0.25, 0.3) is 0 Å². The van der Waals surface area contributed by atoms with Crippen LogP contribution in [0.1, 0.15) is 12.8 Å². The van der Waals surface area contributed by atoms with Crippen molar-refractivity contribution >= 4 is 6.21 Å². The van der Waals surface area contributed by atoms with Crippen molar-refractivity contribution in [3.8, 4) is 0 Å². The molecule has 12 heavy (non-hydrogen) atoms. The van der Waals surface area contributed by atoms with E-state index in [1.165, 1.54) is 0 Å². The molecule has 1 heterocycles. The molecule has 0 saturated carbocycles. The van der Waals surface area contributed by atoms with Crippen LogP contribution in [0.5, 0.6) is 0 Å². The normalized spacial score (nSPS) is 23.8. The molecule has 1 unspecified atom stereocenters. The van der Waals surface area contributed by atoms with Crippen molar-refractivity contribution in [1.29, 1.82) is 0 Å². The molecule has 66 valence electrons. The van der Waals surface area contributed by atoms with E-state index in [1.54, 1.807) is 0 Å². The SMILES string of the molecule is C=CCC1N=CCCN1CC=C. The molecule has 0 fully saturated rings. The van der Waals surface area contributed by atoms with Crippen molar-refractivity contribution in [3.05, 3.63) is 25.3 Å². The molecule has 1 atom stereocenters. The van der Waals surface area contributed by atoms with Crippen LogP contribution in [-0.4, -0.2) is 30.4 Å². The van der Waals surface area contributed by atoms with Crippen molar-refractivity contribution in [2.24, 2.45) is 4.99 Å². The molecule has 2 nitrogen and oxygen atoms in total. The van der Waals surface area contributed by atoms with Gasteiger partial charge in [0.1, 0.15) is 6.17 Å². The van der Waals surface area contributed by atoms with Crippen molar-refractivity contribution in [1.82, 2.24) is 4.90 Å². The second-order valence-corrected chi connectivity index (χ2v) is 2.91. The van der Waals surface area contributed by atoms with Gasteiger partial charge >= 0.3 is 0 Å². The quantitative estimate of drug-likeness (QED) is 0.579. The number of rotatable bonds is 4. The first-order valence-corrected chi connectivity index (χ1v) is 4.36. The average Bonchev–Trinajstić information content (AvgIpc) is 2.09. The van der Waals surface area contributed by atoms with Crippen molar-refractivity contribution in [3.63, 3.8) is 0 Å². The molecule has 1 aliphatic heterocycles. The minimum absolute atomic E-state index is 0.300. The molecule has 0 aromatic rings. The molecule has 0 amide bonds. The van der Waals surface area contributed by atoms with E-state index < -0.39 is 0 Å². The van der Waals surface area contributed by atoms with Gasteiger partial charge in [-0.2, -0.15) is 0 Å². The highest BCUT2D eigenvalue weighted by molar-refractivity contribution is 5.58. The van der Waals surface area contributed by atoms with Crippen LogP contribution < -0.4 is 0 Å². The molecule has 0 N–H and O–H groups in total. The lowest BCUT2D eigenvalue weighted by atomic mass is 10.2. The van der Waals surface area contributed by atoms with Crippen LogP contribution in [0.2, 0.25) is 0 Å². The monoisotopic (exact) mass is 164 g/mol. The zero-order chi connectivity index (χ0) is 8.81. The van der Waals surface area contributed by atoms with Crippen LogP contribution in [0, 0.1) is 0 Å². The molecule has 0 spiro atoms. The first kappa shape index (κ1) is 9.20. The third-order valence-corrected chi connectivity index (χ3v) is 1.99. The Morgan fingerprint density at radius 3 is 3.00 bits per heavy atom. The molecule has 0 saturated heterocycles. The van der Waals surface area contributed by atoms with E-state index in [0.29, 0.717) is 6.17 Å². The van der Waals surface area contributed by atoms with Gasteiger partial charge in [0.2, 0.25) is 0 Å². The Balaban J connectivity index is 2.51. The van der Waals surface area contributed by atoms with Gasteiger partial charge in [-0.15, -0.1) is 13.2 Å². The predicted octanol–water partition coefficient (Wildman–Crippen LogP) is 1.85. The Kier molecular flexibility index (Phi) is 3.74. The van der Waals surface area contributed by atoms with Gasteiger partial charge in [0.25, 0.3) is 0 Å². The lowest BCUT2D eigenvalue weighted by Crippen LogP contribution is -2.37. The Morgan fingerprint density at radius 2 is 2.33 bits per heavy atom. The molecule has 2 heteroatoms. The lowest BCUT2D eigenvalue weighted by Gasteiger charge is -2.29. The number of hydrogen-bond acceptors (Lipinski definition) is 2. The van der Waals surface area contributed by atoms with Crippen molar-refractivity contribution < 1.29 is 0 Å². The predicted molar refractivity (Wildman–Crippen MR) is 53.5 cm³/mol. The van der Waals surface area contributed by atoms with Crippen molar-refractivity contribution in [2.45, 2.75) is 19.0 Å². The molecule has 0 radical (unpaired) electrons. The summed E-state index contributed by atoms with van der Waals surface area (Å²) in [5.41, 5.74) is 0. The fourth-order valence-electron chi connectivity index (χ4n) is 1.40. The first-order valence-electron chi connectivity index (χ1n) is 4.36. The molecule has 1 rings (SSSR count). The van der Waals surface area contributed by atoms with Crippen LogP contribution in [0.3, 0.4) is 0 Å². The molecule has 0 aromatic heterocycles. The van der Waals surface area contributed by atoms with Gasteiger partial charge in [0.15, 0.2) is 0 Å². The zero-order valence-electron chi connectivity index (χ0n) is 7.45. The summed E-state index contributed by atoms with van der Waals surface area (Å²) in [4.78, 5) is 6.72. The highest BCUT2D eigenvalue weighted by Crippen LogP contribution is 2.10. The number of aliphatic imine (C=N–C) groups is 1. The Labute approximate surface area is 74.3 Å². The maximum atomic E-state index is 4.40. The van der Waals surface area contributed by atoms with Crippen LogP contribution in [0.15, 0.2) is 30.3 Å². The third-order valence-electron chi connectivity index (χ3n) is 1.99. The van der Waals surface area contributed by atoms with E-state index in [2.05, 4.69) is 23.1 Å². The fraction of sp³-hybridized carbons (Fsp3) is 0.500. The zero-order valence-corrected chi connectivity index (χ0v) is 7.45. The largest absolute Gasteiger partial charge is 0.278 e. The summed E-state index contributed by atoms with van der Waals surface area (Å²) in [6, 6.07) is 0. The van der Waals surface area contributed by atoms with E-state index in [4.69, 9.17) is 0 Å². The minimum atomic E-state index is 0.300. The van der Waals surface area contributed by atoms with Gasteiger partial charge < -0.3 is 0 Å². The van der Waals surface area contributed by atoms with E-state index in [9.17, 15) is 0 Å².